The molecule has 0 unspecified atom stereocenters. The second-order valence-corrected chi connectivity index (χ2v) is 11.4. The van der Waals surface area contributed by atoms with Gasteiger partial charge >= 0.3 is 5.97 Å². The molecule has 1 fully saturated rings. The quantitative estimate of drug-likeness (QED) is 0.196. The van der Waals surface area contributed by atoms with Crippen molar-refractivity contribution in [3.05, 3.63) is 95.0 Å². The van der Waals surface area contributed by atoms with E-state index in [1.165, 1.54) is 28.4 Å². The third-order valence-corrected chi connectivity index (χ3v) is 8.85. The van der Waals surface area contributed by atoms with E-state index in [-0.39, 0.29) is 29.9 Å². The van der Waals surface area contributed by atoms with E-state index in [0.717, 1.165) is 22.6 Å². The average Bonchev–Trinajstić information content (AvgIpc) is 3.49. The summed E-state index contributed by atoms with van der Waals surface area (Å²) in [6.45, 7) is 2.01. The van der Waals surface area contributed by atoms with Gasteiger partial charge in [0.05, 0.1) is 18.6 Å². The largest absolute Gasteiger partial charge is 0.497 e. The van der Waals surface area contributed by atoms with Gasteiger partial charge in [0, 0.05) is 16.7 Å². The number of aryl methyl sites for hydroxylation is 1. The number of allylic oxidation sites excluding steroid dienone is 1. The van der Waals surface area contributed by atoms with Crippen LogP contribution in [0.25, 0.3) is 6.08 Å². The summed E-state index contributed by atoms with van der Waals surface area (Å²) in [5, 5.41) is 6.43. The maximum absolute atomic E-state index is 13.4. The highest BCUT2D eigenvalue weighted by molar-refractivity contribution is 8.00. The third-order valence-electron chi connectivity index (χ3n) is 6.54. The molecule has 2 aliphatic heterocycles. The number of nitrogens with one attached hydrogen (secondary N) is 1. The smallest absolute Gasteiger partial charge is 0.355 e. The maximum Gasteiger partial charge on any atom is 0.355 e. The summed E-state index contributed by atoms with van der Waals surface area (Å²) in [7, 11) is 1.58. The number of hydrogen-bond donors (Lipinski definition) is 1. The standard InChI is InChI=1S/C30H29N3O6S2/c1-3-21-15-23(39-32-21)14-11-20-17-41-29-26(31-25(34)18-40-24-7-5-4-6-8-24)28(35)33(29)27(20)30(36)38-16-19-9-12-22(37-2)13-10-19/h4-15,26,29H,3,16-18H2,1-2H3,(H,31,34)/b14-11+/t26-,29-/m1/s1. The van der Waals surface area contributed by atoms with Gasteiger partial charge < -0.3 is 19.3 Å². The zero-order valence-electron chi connectivity index (χ0n) is 22.6. The van der Waals surface area contributed by atoms with Crippen molar-refractivity contribution in [1.82, 2.24) is 15.4 Å². The highest BCUT2D eigenvalue weighted by Crippen LogP contribution is 2.41. The van der Waals surface area contributed by atoms with Gasteiger partial charge in [-0.1, -0.05) is 48.5 Å². The minimum absolute atomic E-state index is 0.0298. The van der Waals surface area contributed by atoms with Crippen molar-refractivity contribution in [1.29, 1.82) is 0 Å². The summed E-state index contributed by atoms with van der Waals surface area (Å²) >= 11 is 2.88. The fourth-order valence-corrected chi connectivity index (χ4v) is 6.39. The Hall–Kier alpha value is -3.96. The zero-order chi connectivity index (χ0) is 28.8. The van der Waals surface area contributed by atoms with Crippen LogP contribution in [0.5, 0.6) is 5.75 Å². The molecule has 3 heterocycles. The lowest BCUT2D eigenvalue weighted by molar-refractivity contribution is -0.153. The Kier molecular flexibility index (Phi) is 9.15. The molecule has 1 aromatic heterocycles. The van der Waals surface area contributed by atoms with Crippen molar-refractivity contribution >= 4 is 47.4 Å². The molecule has 0 radical (unpaired) electrons. The molecule has 0 aliphatic carbocycles. The van der Waals surface area contributed by atoms with Gasteiger partial charge in [-0.2, -0.15) is 0 Å². The Labute approximate surface area is 246 Å². The molecule has 9 nitrogen and oxygen atoms in total. The molecule has 2 aromatic carbocycles. The number of carbonyl (C=O) groups excluding carboxylic acids is 3. The summed E-state index contributed by atoms with van der Waals surface area (Å²) in [4.78, 5) is 41.8. The molecule has 3 aromatic rings. The summed E-state index contributed by atoms with van der Waals surface area (Å²) in [6.07, 6.45) is 4.21. The van der Waals surface area contributed by atoms with E-state index in [1.807, 2.05) is 55.5 Å². The van der Waals surface area contributed by atoms with Crippen molar-refractivity contribution in [3.63, 3.8) is 0 Å². The van der Waals surface area contributed by atoms with Crippen LogP contribution < -0.4 is 10.1 Å². The van der Waals surface area contributed by atoms with Gasteiger partial charge in [0.15, 0.2) is 5.76 Å². The first-order valence-corrected chi connectivity index (χ1v) is 15.1. The monoisotopic (exact) mass is 591 g/mol. The molecule has 212 valence electrons. The number of amides is 2. The molecule has 0 saturated carbocycles. The normalized spacial score (nSPS) is 18.2. The zero-order valence-corrected chi connectivity index (χ0v) is 24.2. The molecule has 2 atom stereocenters. The second-order valence-electron chi connectivity index (χ2n) is 9.26. The predicted octanol–water partition coefficient (Wildman–Crippen LogP) is 4.45. The summed E-state index contributed by atoms with van der Waals surface area (Å²) in [6, 6.07) is 17.9. The van der Waals surface area contributed by atoms with Gasteiger partial charge in [-0.3, -0.25) is 14.5 Å². The van der Waals surface area contributed by atoms with Gasteiger partial charge in [0.25, 0.3) is 5.91 Å². The van der Waals surface area contributed by atoms with E-state index < -0.39 is 17.4 Å². The van der Waals surface area contributed by atoms with Crippen molar-refractivity contribution in [2.75, 3.05) is 18.6 Å². The third kappa shape index (κ3) is 6.68. The van der Waals surface area contributed by atoms with Gasteiger partial charge in [-0.05, 0) is 47.9 Å². The first kappa shape index (κ1) is 28.6. The fraction of sp³-hybridized carbons (Fsp3) is 0.267. The summed E-state index contributed by atoms with van der Waals surface area (Å²) < 4.78 is 16.2. The molecular weight excluding hydrogens is 562 g/mol. The molecule has 2 amide bonds. The number of ether oxygens (including phenoxy) is 2. The molecule has 2 aliphatic rings. The molecule has 1 saturated heterocycles. The van der Waals surface area contributed by atoms with Crippen LogP contribution in [-0.4, -0.2) is 57.9 Å². The van der Waals surface area contributed by atoms with Crippen LogP contribution in [0.2, 0.25) is 0 Å². The number of aromatic nitrogens is 1. The van der Waals surface area contributed by atoms with E-state index in [9.17, 15) is 14.4 Å². The highest BCUT2D eigenvalue weighted by Gasteiger charge is 2.54. The van der Waals surface area contributed by atoms with Gasteiger partial charge in [-0.15, -0.1) is 23.5 Å². The Balaban J connectivity index is 1.31. The Bertz CT molecular complexity index is 1470. The van der Waals surface area contributed by atoms with Crippen LogP contribution in [-0.2, 0) is 32.1 Å². The number of esters is 1. The highest BCUT2D eigenvalue weighted by atomic mass is 32.2. The minimum Gasteiger partial charge on any atom is -0.497 e. The maximum atomic E-state index is 13.4. The van der Waals surface area contributed by atoms with Crippen LogP contribution in [0.4, 0.5) is 0 Å². The number of benzene rings is 2. The number of hydrogen-bond acceptors (Lipinski definition) is 9. The van der Waals surface area contributed by atoms with Gasteiger partial charge in [0.1, 0.15) is 29.5 Å². The Morgan fingerprint density at radius 2 is 1.95 bits per heavy atom. The number of thioether (sulfide) groups is 2. The van der Waals surface area contributed by atoms with Crippen molar-refractivity contribution in [3.8, 4) is 5.75 Å². The van der Waals surface area contributed by atoms with E-state index >= 15 is 0 Å². The second kappa shape index (κ2) is 13.1. The summed E-state index contributed by atoms with van der Waals surface area (Å²) in [5.41, 5.74) is 2.39. The molecule has 1 N–H and O–H groups in total. The van der Waals surface area contributed by atoms with Crippen LogP contribution in [0.1, 0.15) is 23.9 Å². The number of nitrogens with zero attached hydrogens (tertiary/aromatic N) is 2. The van der Waals surface area contributed by atoms with Crippen molar-refractivity contribution in [2.24, 2.45) is 0 Å². The molecule has 0 spiro atoms. The van der Waals surface area contributed by atoms with Crippen LogP contribution in [0.15, 0.2) is 87.4 Å². The van der Waals surface area contributed by atoms with Crippen LogP contribution in [0.3, 0.4) is 0 Å². The SMILES string of the molecule is CCc1cc(/C=C/C2=C(C(=O)OCc3ccc(OC)cc3)N3C(=O)[C@@H](NC(=O)CSc4ccccc4)[C@H]3SC2)on1. The van der Waals surface area contributed by atoms with Crippen molar-refractivity contribution in [2.45, 2.75) is 36.3 Å². The van der Waals surface area contributed by atoms with Gasteiger partial charge in [0.2, 0.25) is 5.91 Å². The van der Waals surface area contributed by atoms with Crippen molar-refractivity contribution < 1.29 is 28.4 Å². The van der Waals surface area contributed by atoms with Crippen LogP contribution in [0, 0.1) is 0 Å². The Morgan fingerprint density at radius 1 is 1.17 bits per heavy atom. The number of rotatable bonds is 11. The van der Waals surface area contributed by atoms with Crippen LogP contribution >= 0.6 is 23.5 Å². The van der Waals surface area contributed by atoms with E-state index in [0.29, 0.717) is 22.8 Å². The van der Waals surface area contributed by atoms with Gasteiger partial charge in [-0.25, -0.2) is 4.79 Å². The number of β-lactam (4-membered cyclic amide) rings is 1. The lowest BCUT2D eigenvalue weighted by Gasteiger charge is -2.49. The minimum atomic E-state index is -0.722. The molecule has 41 heavy (non-hydrogen) atoms. The Morgan fingerprint density at radius 3 is 2.66 bits per heavy atom. The first-order valence-electron chi connectivity index (χ1n) is 13.1. The molecule has 0 bridgehead atoms. The lowest BCUT2D eigenvalue weighted by Crippen LogP contribution is -2.70. The molecule has 5 rings (SSSR count). The lowest BCUT2D eigenvalue weighted by atomic mass is 10.0. The van der Waals surface area contributed by atoms with E-state index in [2.05, 4.69) is 10.5 Å². The van der Waals surface area contributed by atoms with E-state index in [1.54, 1.807) is 31.4 Å². The number of carbonyl (C=O) groups is 3. The van der Waals surface area contributed by atoms with E-state index in [4.69, 9.17) is 14.0 Å². The predicted molar refractivity (Wildman–Crippen MR) is 157 cm³/mol. The topological polar surface area (TPSA) is 111 Å². The summed E-state index contributed by atoms with van der Waals surface area (Å²) in [5.74, 6) is 0.657. The number of fused-ring (bicyclic) bond motifs is 1. The fourth-order valence-electron chi connectivity index (χ4n) is 4.34. The number of methoxy groups -OCH3 is 1. The first-order chi connectivity index (χ1) is 20.0. The average molecular weight is 592 g/mol. The molecular formula is C30H29N3O6S2. The molecule has 11 heteroatoms.